The van der Waals surface area contributed by atoms with Gasteiger partial charge in [-0.15, -0.1) is 12.8 Å². The van der Waals surface area contributed by atoms with Gasteiger partial charge in [-0.25, -0.2) is 0 Å². The largest absolute Gasteiger partial charge is 0.328 e. The number of nitrogens with two attached hydrogens (primary N) is 2. The van der Waals surface area contributed by atoms with Crippen molar-refractivity contribution in [1.29, 1.82) is 0 Å². The van der Waals surface area contributed by atoms with E-state index in [-0.39, 0.29) is 0 Å². The van der Waals surface area contributed by atoms with Gasteiger partial charge in [0.25, 0.3) is 0 Å². The van der Waals surface area contributed by atoms with Gasteiger partial charge in [0.1, 0.15) is 0 Å². The number of hydrogen-bond acceptors (Lipinski definition) is 3. The monoisotopic (exact) mass is 148 g/mol. The summed E-state index contributed by atoms with van der Waals surface area (Å²) in [5.41, 5.74) is 5.63. The van der Waals surface area contributed by atoms with Crippen LogP contribution >= 0.6 is 12.8 Å². The van der Waals surface area contributed by atoms with Crippen LogP contribution in [0.4, 0.5) is 0 Å². The van der Waals surface area contributed by atoms with E-state index in [0.717, 1.165) is 0 Å². The van der Waals surface area contributed by atoms with Crippen molar-refractivity contribution in [2.45, 2.75) is 38.1 Å². The molecule has 0 aromatic carbocycles. The standard InChI is InChI=1S/C6H13N.H3NS/c7-6-4-2-1-3-5-6;1-2/h6H,1-5,7H2;2H,1H2. The van der Waals surface area contributed by atoms with Crippen LogP contribution in [-0.4, -0.2) is 6.04 Å². The second-order valence-corrected chi connectivity index (χ2v) is 2.40. The van der Waals surface area contributed by atoms with Gasteiger partial charge >= 0.3 is 0 Å². The summed E-state index contributed by atoms with van der Waals surface area (Å²) in [6.07, 6.45) is 6.66. The summed E-state index contributed by atoms with van der Waals surface area (Å²) in [4.78, 5) is 0. The Labute approximate surface area is 62.5 Å². The van der Waals surface area contributed by atoms with E-state index in [9.17, 15) is 0 Å². The van der Waals surface area contributed by atoms with E-state index in [1.54, 1.807) is 0 Å². The quantitative estimate of drug-likeness (QED) is 0.450. The van der Waals surface area contributed by atoms with E-state index in [2.05, 4.69) is 18.0 Å². The number of hydrogen-bond donors (Lipinski definition) is 3. The SMILES string of the molecule is NC1CCCCC1.NS. The molecular formula is C6H16N2S. The molecular weight excluding hydrogens is 132 g/mol. The van der Waals surface area contributed by atoms with Crippen LogP contribution in [0.3, 0.4) is 0 Å². The Bertz CT molecular complexity index is 53.0. The van der Waals surface area contributed by atoms with Crippen LogP contribution in [0.25, 0.3) is 0 Å². The molecule has 0 unspecified atom stereocenters. The maximum atomic E-state index is 5.63. The van der Waals surface area contributed by atoms with Crippen molar-refractivity contribution in [3.8, 4) is 0 Å². The van der Waals surface area contributed by atoms with Crippen LogP contribution in [0.15, 0.2) is 0 Å². The second kappa shape index (κ2) is 6.39. The molecule has 0 amide bonds. The molecule has 0 atom stereocenters. The summed E-state index contributed by atoms with van der Waals surface area (Å²) in [6.45, 7) is 0. The molecule has 0 saturated heterocycles. The predicted molar refractivity (Wildman–Crippen MR) is 44.2 cm³/mol. The molecule has 1 aliphatic carbocycles. The lowest BCUT2D eigenvalue weighted by atomic mass is 9.97. The fraction of sp³-hybridized carbons (Fsp3) is 1.00. The first-order valence-corrected chi connectivity index (χ1v) is 3.92. The second-order valence-electron chi connectivity index (χ2n) is 2.40. The zero-order valence-corrected chi connectivity index (χ0v) is 6.61. The molecule has 0 bridgehead atoms. The minimum absolute atomic E-state index is 0.536. The van der Waals surface area contributed by atoms with E-state index in [4.69, 9.17) is 5.73 Å². The van der Waals surface area contributed by atoms with Crippen LogP contribution in [0.2, 0.25) is 0 Å². The molecule has 56 valence electrons. The highest BCUT2D eigenvalue weighted by Crippen LogP contribution is 2.14. The first-order chi connectivity index (χ1) is 4.39. The summed E-state index contributed by atoms with van der Waals surface area (Å²) in [5.74, 6) is 0. The lowest BCUT2D eigenvalue weighted by molar-refractivity contribution is 0.441. The van der Waals surface area contributed by atoms with Crippen molar-refractivity contribution in [3.05, 3.63) is 0 Å². The van der Waals surface area contributed by atoms with Crippen molar-refractivity contribution in [1.82, 2.24) is 0 Å². The normalized spacial score (nSPS) is 20.3. The Morgan fingerprint density at radius 3 is 1.67 bits per heavy atom. The molecule has 1 fully saturated rings. The minimum Gasteiger partial charge on any atom is -0.328 e. The summed E-state index contributed by atoms with van der Waals surface area (Å²) < 4.78 is 0. The maximum absolute atomic E-state index is 5.63. The third-order valence-electron chi connectivity index (χ3n) is 1.65. The van der Waals surface area contributed by atoms with E-state index < -0.39 is 0 Å². The Morgan fingerprint density at radius 1 is 1.00 bits per heavy atom. The summed E-state index contributed by atoms with van der Waals surface area (Å²) in [5, 5.41) is 4.19. The Balaban J connectivity index is 0.000000291. The van der Waals surface area contributed by atoms with Crippen molar-refractivity contribution >= 4 is 12.8 Å². The van der Waals surface area contributed by atoms with Crippen molar-refractivity contribution in [2.75, 3.05) is 0 Å². The molecule has 1 rings (SSSR count). The third-order valence-corrected chi connectivity index (χ3v) is 1.65. The summed E-state index contributed by atoms with van der Waals surface area (Å²) >= 11 is 3.03. The van der Waals surface area contributed by atoms with Crippen molar-refractivity contribution in [3.63, 3.8) is 0 Å². The fourth-order valence-electron chi connectivity index (χ4n) is 1.13. The molecule has 4 N–H and O–H groups in total. The van der Waals surface area contributed by atoms with E-state index in [1.807, 2.05) is 0 Å². The average Bonchev–Trinajstić information content (AvgIpc) is 1.94. The molecule has 0 aromatic heterocycles. The number of rotatable bonds is 0. The van der Waals surface area contributed by atoms with Crippen LogP contribution in [0.5, 0.6) is 0 Å². The Morgan fingerprint density at radius 2 is 1.44 bits per heavy atom. The third kappa shape index (κ3) is 4.75. The van der Waals surface area contributed by atoms with Crippen LogP contribution in [0.1, 0.15) is 32.1 Å². The minimum atomic E-state index is 0.536. The molecule has 1 saturated carbocycles. The summed E-state index contributed by atoms with van der Waals surface area (Å²) in [6, 6.07) is 0.536. The van der Waals surface area contributed by atoms with Gasteiger partial charge in [-0.1, -0.05) is 19.3 Å². The van der Waals surface area contributed by atoms with Gasteiger partial charge in [0, 0.05) is 6.04 Å². The lowest BCUT2D eigenvalue weighted by Gasteiger charge is -2.15. The molecule has 0 spiro atoms. The zero-order chi connectivity index (χ0) is 7.11. The fourth-order valence-corrected chi connectivity index (χ4v) is 1.13. The first kappa shape index (κ1) is 9.27. The molecule has 0 aromatic rings. The van der Waals surface area contributed by atoms with E-state index in [0.29, 0.717) is 6.04 Å². The van der Waals surface area contributed by atoms with Gasteiger partial charge < -0.3 is 5.73 Å². The van der Waals surface area contributed by atoms with E-state index >= 15 is 0 Å². The number of thiol groups is 1. The molecule has 0 heterocycles. The maximum Gasteiger partial charge on any atom is 0.00388 e. The zero-order valence-electron chi connectivity index (χ0n) is 5.71. The highest BCUT2D eigenvalue weighted by atomic mass is 32.1. The van der Waals surface area contributed by atoms with E-state index in [1.165, 1.54) is 32.1 Å². The highest BCUT2D eigenvalue weighted by molar-refractivity contribution is 7.77. The Kier molecular flexibility index (Phi) is 6.58. The lowest BCUT2D eigenvalue weighted by Crippen LogP contribution is -2.22. The first-order valence-electron chi connectivity index (χ1n) is 3.41. The molecule has 0 aliphatic heterocycles. The van der Waals surface area contributed by atoms with Gasteiger partial charge in [-0.05, 0) is 12.8 Å². The molecule has 3 heteroatoms. The van der Waals surface area contributed by atoms with Gasteiger partial charge in [0.2, 0.25) is 0 Å². The van der Waals surface area contributed by atoms with Crippen molar-refractivity contribution < 1.29 is 0 Å². The smallest absolute Gasteiger partial charge is 0.00388 e. The molecule has 1 aliphatic rings. The van der Waals surface area contributed by atoms with Crippen molar-refractivity contribution in [2.24, 2.45) is 10.9 Å². The van der Waals surface area contributed by atoms with Crippen LogP contribution < -0.4 is 10.9 Å². The Hall–Kier alpha value is 0.270. The van der Waals surface area contributed by atoms with Gasteiger partial charge in [0.15, 0.2) is 0 Å². The molecule has 2 nitrogen and oxygen atoms in total. The van der Waals surface area contributed by atoms with Gasteiger partial charge in [0.05, 0.1) is 0 Å². The van der Waals surface area contributed by atoms with Crippen LogP contribution in [-0.2, 0) is 0 Å². The topological polar surface area (TPSA) is 52.0 Å². The highest BCUT2D eigenvalue weighted by Gasteiger charge is 2.06. The van der Waals surface area contributed by atoms with Crippen LogP contribution in [0, 0.1) is 0 Å². The molecule has 0 radical (unpaired) electrons. The van der Waals surface area contributed by atoms with Gasteiger partial charge in [-0.2, -0.15) is 0 Å². The summed E-state index contributed by atoms with van der Waals surface area (Å²) in [7, 11) is 0. The predicted octanol–water partition coefficient (Wildman–Crippen LogP) is 1.07. The average molecular weight is 148 g/mol. The molecule has 9 heavy (non-hydrogen) atoms. The van der Waals surface area contributed by atoms with Gasteiger partial charge in [-0.3, -0.25) is 5.14 Å².